The van der Waals surface area contributed by atoms with Crippen molar-refractivity contribution >= 4 is 11.6 Å². The Morgan fingerprint density at radius 2 is 1.73 bits per heavy atom. The Balaban J connectivity index is 1.99. The number of piperidine rings is 1. The van der Waals surface area contributed by atoms with Crippen LogP contribution in [-0.2, 0) is 4.79 Å². The number of nitrogens with zero attached hydrogens (tertiary/aromatic N) is 1. The van der Waals surface area contributed by atoms with Crippen LogP contribution in [0, 0.1) is 0 Å². The molecule has 1 aliphatic rings. The summed E-state index contributed by atoms with van der Waals surface area (Å²) in [5, 5.41) is 10.3. The van der Waals surface area contributed by atoms with Crippen LogP contribution in [0.2, 0.25) is 0 Å². The van der Waals surface area contributed by atoms with Gasteiger partial charge in [0.25, 0.3) is 0 Å². The summed E-state index contributed by atoms with van der Waals surface area (Å²) in [6.07, 6.45) is 12.7. The van der Waals surface area contributed by atoms with E-state index in [0.29, 0.717) is 12.5 Å². The summed E-state index contributed by atoms with van der Waals surface area (Å²) in [7, 11) is 0. The summed E-state index contributed by atoms with van der Waals surface area (Å²) in [6, 6.07) is 8.40. The summed E-state index contributed by atoms with van der Waals surface area (Å²) in [5.41, 5.74) is 1.97. The molecule has 2 rings (SSSR count). The zero-order valence-corrected chi connectivity index (χ0v) is 16.8. The van der Waals surface area contributed by atoms with E-state index in [1.807, 2.05) is 29.2 Å². The molecule has 1 saturated heterocycles. The molecule has 1 aliphatic heterocycles. The van der Waals surface area contributed by atoms with Gasteiger partial charge in [-0.3, -0.25) is 4.79 Å². The van der Waals surface area contributed by atoms with Gasteiger partial charge >= 0.3 is 0 Å². The van der Waals surface area contributed by atoms with Crippen LogP contribution in [0.5, 0.6) is 0 Å². The fourth-order valence-electron chi connectivity index (χ4n) is 3.99. The maximum absolute atomic E-state index is 12.6. The van der Waals surface area contributed by atoms with E-state index < -0.39 is 6.10 Å². The van der Waals surface area contributed by atoms with Gasteiger partial charge in [0.2, 0.25) is 5.91 Å². The summed E-state index contributed by atoms with van der Waals surface area (Å²) in [4.78, 5) is 14.6. The maximum Gasteiger partial charge on any atom is 0.227 e. The molecule has 1 fully saturated rings. The highest BCUT2D eigenvalue weighted by molar-refractivity contribution is 5.94. The molecule has 3 heteroatoms. The van der Waals surface area contributed by atoms with Crippen LogP contribution < -0.4 is 4.90 Å². The van der Waals surface area contributed by atoms with E-state index in [1.165, 1.54) is 32.1 Å². The standard InChI is InChI=1S/C23H37NO2/c1-3-5-7-9-11-20-12-10-14-23(26)24(20)21-17-15-19(16-18-21)22(25)13-8-6-4-2/h15-18,20,22,25H,3-14H2,1-2H3. The van der Waals surface area contributed by atoms with Gasteiger partial charge in [-0.25, -0.2) is 0 Å². The van der Waals surface area contributed by atoms with Crippen LogP contribution in [0.4, 0.5) is 5.69 Å². The van der Waals surface area contributed by atoms with Crippen molar-refractivity contribution < 1.29 is 9.90 Å². The predicted octanol–water partition coefficient (Wildman–Crippen LogP) is 6.16. The van der Waals surface area contributed by atoms with Crippen LogP contribution in [0.1, 0.15) is 103 Å². The van der Waals surface area contributed by atoms with Gasteiger partial charge in [0.05, 0.1) is 6.10 Å². The van der Waals surface area contributed by atoms with Crippen LogP contribution in [0.25, 0.3) is 0 Å². The Morgan fingerprint density at radius 1 is 1.04 bits per heavy atom. The zero-order valence-electron chi connectivity index (χ0n) is 16.8. The van der Waals surface area contributed by atoms with E-state index in [-0.39, 0.29) is 5.91 Å². The Labute approximate surface area is 159 Å². The molecule has 1 N–H and O–H groups in total. The lowest BCUT2D eigenvalue weighted by Crippen LogP contribution is -2.43. The largest absolute Gasteiger partial charge is 0.388 e. The first-order chi connectivity index (χ1) is 12.7. The summed E-state index contributed by atoms with van der Waals surface area (Å²) in [6.45, 7) is 4.41. The second-order valence-corrected chi connectivity index (χ2v) is 7.76. The number of hydrogen-bond acceptors (Lipinski definition) is 2. The zero-order chi connectivity index (χ0) is 18.8. The molecule has 1 aromatic rings. The molecule has 2 unspecified atom stereocenters. The van der Waals surface area contributed by atoms with Gasteiger partial charge in [0.1, 0.15) is 0 Å². The van der Waals surface area contributed by atoms with Gasteiger partial charge < -0.3 is 10.0 Å². The highest BCUT2D eigenvalue weighted by Gasteiger charge is 2.28. The van der Waals surface area contributed by atoms with E-state index in [0.717, 1.165) is 49.8 Å². The number of aliphatic hydroxyl groups is 1. The first-order valence-corrected chi connectivity index (χ1v) is 10.8. The van der Waals surface area contributed by atoms with Crippen molar-refractivity contribution in [2.24, 2.45) is 0 Å². The van der Waals surface area contributed by atoms with Crippen molar-refractivity contribution in [3.63, 3.8) is 0 Å². The first kappa shape index (κ1) is 21.0. The third-order valence-electron chi connectivity index (χ3n) is 5.59. The first-order valence-electron chi connectivity index (χ1n) is 10.8. The maximum atomic E-state index is 12.6. The average molecular weight is 360 g/mol. The smallest absolute Gasteiger partial charge is 0.227 e. The number of aliphatic hydroxyl groups excluding tert-OH is 1. The van der Waals surface area contributed by atoms with Gasteiger partial charge in [-0.1, -0.05) is 70.9 Å². The molecule has 0 bridgehead atoms. The number of unbranched alkanes of at least 4 members (excludes halogenated alkanes) is 5. The fraction of sp³-hybridized carbons (Fsp3) is 0.696. The highest BCUT2D eigenvalue weighted by atomic mass is 16.3. The lowest BCUT2D eigenvalue weighted by molar-refractivity contribution is -0.120. The number of anilines is 1. The van der Waals surface area contributed by atoms with Crippen LogP contribution in [-0.4, -0.2) is 17.1 Å². The van der Waals surface area contributed by atoms with Gasteiger partial charge in [-0.15, -0.1) is 0 Å². The molecule has 1 amide bonds. The van der Waals surface area contributed by atoms with Crippen LogP contribution in [0.3, 0.4) is 0 Å². The van der Waals surface area contributed by atoms with E-state index in [9.17, 15) is 9.90 Å². The number of benzene rings is 1. The molecule has 1 aromatic carbocycles. The fourth-order valence-corrected chi connectivity index (χ4v) is 3.99. The summed E-state index contributed by atoms with van der Waals surface area (Å²) < 4.78 is 0. The minimum Gasteiger partial charge on any atom is -0.388 e. The van der Waals surface area contributed by atoms with Gasteiger partial charge in [-0.2, -0.15) is 0 Å². The minimum absolute atomic E-state index is 0.257. The Morgan fingerprint density at radius 3 is 2.42 bits per heavy atom. The summed E-state index contributed by atoms with van der Waals surface area (Å²) >= 11 is 0. The minimum atomic E-state index is -0.391. The van der Waals surface area contributed by atoms with Crippen molar-refractivity contribution in [3.8, 4) is 0 Å². The number of hydrogen-bond donors (Lipinski definition) is 1. The molecular weight excluding hydrogens is 322 g/mol. The van der Waals surface area contributed by atoms with Gasteiger partial charge in [0.15, 0.2) is 0 Å². The average Bonchev–Trinajstić information content (AvgIpc) is 2.66. The monoisotopic (exact) mass is 359 g/mol. The quantitative estimate of drug-likeness (QED) is 0.481. The molecule has 3 nitrogen and oxygen atoms in total. The third kappa shape index (κ3) is 6.12. The molecule has 1 heterocycles. The molecule has 0 saturated carbocycles. The van der Waals surface area contributed by atoms with Crippen molar-refractivity contribution in [3.05, 3.63) is 29.8 Å². The van der Waals surface area contributed by atoms with Crippen molar-refractivity contribution in [2.75, 3.05) is 4.90 Å². The molecule has 26 heavy (non-hydrogen) atoms. The molecule has 0 aromatic heterocycles. The van der Waals surface area contributed by atoms with Crippen LogP contribution in [0.15, 0.2) is 24.3 Å². The van der Waals surface area contributed by atoms with Crippen molar-refractivity contribution in [2.45, 2.75) is 103 Å². The lowest BCUT2D eigenvalue weighted by atomic mass is 9.95. The molecule has 0 aliphatic carbocycles. The molecule has 146 valence electrons. The lowest BCUT2D eigenvalue weighted by Gasteiger charge is -2.36. The van der Waals surface area contributed by atoms with E-state index in [2.05, 4.69) is 13.8 Å². The molecular formula is C23H37NO2. The number of amides is 1. The molecule has 0 spiro atoms. The second kappa shape index (κ2) is 11.4. The normalized spacial score (nSPS) is 19.0. The van der Waals surface area contributed by atoms with Crippen molar-refractivity contribution in [1.82, 2.24) is 0 Å². The van der Waals surface area contributed by atoms with E-state index >= 15 is 0 Å². The topological polar surface area (TPSA) is 40.5 Å². The van der Waals surface area contributed by atoms with Gasteiger partial charge in [-0.05, 0) is 43.4 Å². The second-order valence-electron chi connectivity index (χ2n) is 7.76. The number of carbonyl (C=O) groups is 1. The number of rotatable bonds is 11. The van der Waals surface area contributed by atoms with Crippen molar-refractivity contribution in [1.29, 1.82) is 0 Å². The molecule has 0 radical (unpaired) electrons. The van der Waals surface area contributed by atoms with E-state index in [4.69, 9.17) is 0 Å². The van der Waals surface area contributed by atoms with Gasteiger partial charge in [0, 0.05) is 18.2 Å². The van der Waals surface area contributed by atoms with E-state index in [1.54, 1.807) is 0 Å². The Hall–Kier alpha value is -1.35. The highest BCUT2D eigenvalue weighted by Crippen LogP contribution is 2.30. The molecule has 2 atom stereocenters. The Kier molecular flexibility index (Phi) is 9.17. The SMILES string of the molecule is CCCCCCC1CCCC(=O)N1c1ccc(C(O)CCCCC)cc1. The number of carbonyl (C=O) groups excluding carboxylic acids is 1. The Bertz CT molecular complexity index is 526. The third-order valence-corrected chi connectivity index (χ3v) is 5.59. The van der Waals surface area contributed by atoms with Crippen LogP contribution >= 0.6 is 0 Å². The predicted molar refractivity (Wildman–Crippen MR) is 109 cm³/mol. The summed E-state index contributed by atoms with van der Waals surface area (Å²) in [5.74, 6) is 0.257.